The molecule has 0 radical (unpaired) electrons. The van der Waals surface area contributed by atoms with Crippen LogP contribution in [0.4, 0.5) is 4.79 Å². The van der Waals surface area contributed by atoms with Crippen molar-refractivity contribution in [3.8, 4) is 0 Å². The maximum atomic E-state index is 11.9. The number of nitrogens with one attached hydrogen (secondary N) is 2. The molecule has 5 heteroatoms. The van der Waals surface area contributed by atoms with Gasteiger partial charge in [-0.3, -0.25) is 4.79 Å². The maximum Gasteiger partial charge on any atom is 0.315 e. The van der Waals surface area contributed by atoms with Crippen molar-refractivity contribution in [1.29, 1.82) is 0 Å². The molecule has 1 saturated heterocycles. The van der Waals surface area contributed by atoms with Crippen LogP contribution < -0.4 is 10.6 Å². The van der Waals surface area contributed by atoms with Crippen molar-refractivity contribution in [3.05, 3.63) is 0 Å². The summed E-state index contributed by atoms with van der Waals surface area (Å²) in [5, 5.41) is 5.71. The summed E-state index contributed by atoms with van der Waals surface area (Å²) in [6, 6.07) is -0.234. The van der Waals surface area contributed by atoms with E-state index < -0.39 is 0 Å². The summed E-state index contributed by atoms with van der Waals surface area (Å²) in [5.41, 5.74) is -0.175. The molecular formula is C14H27N3O2. The number of carbonyl (C=O) groups is 2. The number of rotatable bonds is 5. The molecule has 5 nitrogen and oxygen atoms in total. The number of likely N-dealkylation sites (tertiary alicyclic amines) is 1. The van der Waals surface area contributed by atoms with Gasteiger partial charge in [-0.2, -0.15) is 0 Å². The molecule has 0 aromatic rings. The SMILES string of the molecule is CCCCCNC(=O)NC1CC(=O)N(C(C)(C)C)C1. The molecule has 1 unspecified atom stereocenters. The first-order valence-electron chi connectivity index (χ1n) is 7.19. The Balaban J connectivity index is 2.31. The summed E-state index contributed by atoms with van der Waals surface area (Å²) < 4.78 is 0. The van der Waals surface area contributed by atoms with Crippen molar-refractivity contribution in [1.82, 2.24) is 15.5 Å². The normalized spacial score (nSPS) is 19.7. The van der Waals surface area contributed by atoms with Gasteiger partial charge in [0.1, 0.15) is 0 Å². The first kappa shape index (κ1) is 15.8. The van der Waals surface area contributed by atoms with Gasteiger partial charge in [0.05, 0.1) is 6.04 Å². The summed E-state index contributed by atoms with van der Waals surface area (Å²) in [5.74, 6) is 0.115. The predicted molar refractivity (Wildman–Crippen MR) is 75.9 cm³/mol. The Morgan fingerprint density at radius 1 is 1.37 bits per heavy atom. The summed E-state index contributed by atoms with van der Waals surface area (Å²) >= 11 is 0. The maximum absolute atomic E-state index is 11.9. The number of unbranched alkanes of at least 4 members (excludes halogenated alkanes) is 2. The van der Waals surface area contributed by atoms with E-state index in [0.717, 1.165) is 19.3 Å². The van der Waals surface area contributed by atoms with Gasteiger partial charge in [-0.25, -0.2) is 4.79 Å². The molecule has 1 atom stereocenters. The third-order valence-electron chi connectivity index (χ3n) is 3.34. The highest BCUT2D eigenvalue weighted by molar-refractivity contribution is 5.82. The fraction of sp³-hybridized carbons (Fsp3) is 0.857. The fourth-order valence-electron chi connectivity index (χ4n) is 2.27. The average molecular weight is 269 g/mol. The minimum absolute atomic E-state index is 0.0714. The summed E-state index contributed by atoms with van der Waals surface area (Å²) in [6.45, 7) is 9.47. The van der Waals surface area contributed by atoms with Gasteiger partial charge in [-0.1, -0.05) is 19.8 Å². The molecule has 0 aliphatic carbocycles. The molecule has 0 aromatic carbocycles. The van der Waals surface area contributed by atoms with Crippen molar-refractivity contribution in [2.75, 3.05) is 13.1 Å². The second-order valence-corrected chi connectivity index (χ2v) is 6.18. The molecule has 0 saturated carbocycles. The number of urea groups is 1. The first-order valence-corrected chi connectivity index (χ1v) is 7.19. The van der Waals surface area contributed by atoms with Crippen LogP contribution in [0.2, 0.25) is 0 Å². The minimum atomic E-state index is -0.175. The van der Waals surface area contributed by atoms with Gasteiger partial charge in [0.25, 0.3) is 0 Å². The van der Waals surface area contributed by atoms with Gasteiger partial charge in [0.15, 0.2) is 0 Å². The summed E-state index contributed by atoms with van der Waals surface area (Å²) in [4.78, 5) is 25.4. The number of hydrogen-bond donors (Lipinski definition) is 2. The molecule has 0 aromatic heterocycles. The third kappa shape index (κ3) is 5.09. The molecule has 1 aliphatic rings. The van der Waals surface area contributed by atoms with Crippen LogP contribution in [0.15, 0.2) is 0 Å². The van der Waals surface area contributed by atoms with Gasteiger partial charge < -0.3 is 15.5 Å². The van der Waals surface area contributed by atoms with E-state index in [1.807, 2.05) is 25.7 Å². The van der Waals surface area contributed by atoms with Gasteiger partial charge >= 0.3 is 6.03 Å². The quantitative estimate of drug-likeness (QED) is 0.749. The Bertz CT molecular complexity index is 323. The molecule has 1 heterocycles. The van der Waals surface area contributed by atoms with Crippen molar-refractivity contribution in [2.45, 2.75) is 65.0 Å². The lowest BCUT2D eigenvalue weighted by atomic mass is 10.1. The lowest BCUT2D eigenvalue weighted by Gasteiger charge is -2.32. The van der Waals surface area contributed by atoms with E-state index in [4.69, 9.17) is 0 Å². The third-order valence-corrected chi connectivity index (χ3v) is 3.34. The summed E-state index contributed by atoms with van der Waals surface area (Å²) in [7, 11) is 0. The van der Waals surface area contributed by atoms with Crippen LogP contribution in [-0.4, -0.2) is 41.5 Å². The van der Waals surface area contributed by atoms with Crippen molar-refractivity contribution in [3.63, 3.8) is 0 Å². The molecule has 0 bridgehead atoms. The van der Waals surface area contributed by atoms with Gasteiger partial charge in [-0.05, 0) is 27.2 Å². The van der Waals surface area contributed by atoms with Crippen LogP contribution in [0.25, 0.3) is 0 Å². The highest BCUT2D eigenvalue weighted by atomic mass is 16.2. The Morgan fingerprint density at radius 2 is 2.05 bits per heavy atom. The number of hydrogen-bond acceptors (Lipinski definition) is 2. The second-order valence-electron chi connectivity index (χ2n) is 6.18. The van der Waals surface area contributed by atoms with Crippen LogP contribution >= 0.6 is 0 Å². The van der Waals surface area contributed by atoms with E-state index in [1.165, 1.54) is 0 Å². The van der Waals surface area contributed by atoms with Gasteiger partial charge in [0, 0.05) is 25.0 Å². The Hall–Kier alpha value is -1.26. The van der Waals surface area contributed by atoms with Gasteiger partial charge in [-0.15, -0.1) is 0 Å². The van der Waals surface area contributed by atoms with Gasteiger partial charge in [0.2, 0.25) is 5.91 Å². The molecule has 19 heavy (non-hydrogen) atoms. The molecule has 3 amide bonds. The molecule has 1 aliphatic heterocycles. The highest BCUT2D eigenvalue weighted by Crippen LogP contribution is 2.21. The van der Waals surface area contributed by atoms with Crippen LogP contribution in [0.3, 0.4) is 0 Å². The minimum Gasteiger partial charge on any atom is -0.338 e. The molecule has 0 spiro atoms. The topological polar surface area (TPSA) is 61.4 Å². The monoisotopic (exact) mass is 269 g/mol. The molecule has 110 valence electrons. The first-order chi connectivity index (χ1) is 8.84. The Morgan fingerprint density at radius 3 is 2.58 bits per heavy atom. The zero-order valence-corrected chi connectivity index (χ0v) is 12.6. The van der Waals surface area contributed by atoms with Crippen LogP contribution in [0.5, 0.6) is 0 Å². The standard InChI is InChI=1S/C14H27N3O2/c1-5-6-7-8-15-13(19)16-11-9-12(18)17(10-11)14(2,3)4/h11H,5-10H2,1-4H3,(H2,15,16,19). The van der Waals surface area contributed by atoms with E-state index in [-0.39, 0.29) is 23.5 Å². The van der Waals surface area contributed by atoms with E-state index in [9.17, 15) is 9.59 Å². The summed E-state index contributed by atoms with van der Waals surface area (Å²) in [6.07, 6.45) is 3.67. The molecular weight excluding hydrogens is 242 g/mol. The van der Waals surface area contributed by atoms with E-state index in [2.05, 4.69) is 17.6 Å². The van der Waals surface area contributed by atoms with Crippen molar-refractivity contribution in [2.24, 2.45) is 0 Å². The van der Waals surface area contributed by atoms with Crippen LogP contribution in [0, 0.1) is 0 Å². The fourth-order valence-corrected chi connectivity index (χ4v) is 2.27. The smallest absolute Gasteiger partial charge is 0.315 e. The largest absolute Gasteiger partial charge is 0.338 e. The van der Waals surface area contributed by atoms with E-state index in [1.54, 1.807) is 0 Å². The Kier molecular flexibility index (Phi) is 5.63. The van der Waals surface area contributed by atoms with E-state index in [0.29, 0.717) is 19.5 Å². The van der Waals surface area contributed by atoms with Crippen LogP contribution in [-0.2, 0) is 4.79 Å². The van der Waals surface area contributed by atoms with Crippen molar-refractivity contribution >= 4 is 11.9 Å². The van der Waals surface area contributed by atoms with Crippen LogP contribution in [0.1, 0.15) is 53.4 Å². The lowest BCUT2D eigenvalue weighted by Crippen LogP contribution is -2.46. The Labute approximate surface area is 116 Å². The molecule has 1 fully saturated rings. The zero-order valence-electron chi connectivity index (χ0n) is 12.6. The van der Waals surface area contributed by atoms with Crippen molar-refractivity contribution < 1.29 is 9.59 Å². The number of nitrogens with zero attached hydrogens (tertiary/aromatic N) is 1. The number of amides is 3. The zero-order chi connectivity index (χ0) is 14.5. The predicted octanol–water partition coefficient (Wildman–Crippen LogP) is 1.88. The van der Waals surface area contributed by atoms with E-state index >= 15 is 0 Å². The highest BCUT2D eigenvalue weighted by Gasteiger charge is 2.36. The molecule has 2 N–H and O–H groups in total. The number of carbonyl (C=O) groups excluding carboxylic acids is 2. The second kappa shape index (κ2) is 6.78. The lowest BCUT2D eigenvalue weighted by molar-refractivity contribution is -0.131. The molecule has 1 rings (SSSR count). The average Bonchev–Trinajstić information content (AvgIpc) is 2.65.